The molecule has 1 aromatic carbocycles. The van der Waals surface area contributed by atoms with Gasteiger partial charge in [-0.2, -0.15) is 5.10 Å². The fourth-order valence-corrected chi connectivity index (χ4v) is 2.98. The Morgan fingerprint density at radius 3 is 2.87 bits per heavy atom. The molecular weight excluding hydrogens is 290 g/mol. The first kappa shape index (κ1) is 15.9. The monoisotopic (exact) mass is 315 g/mol. The molecule has 1 aliphatic rings. The lowest BCUT2D eigenvalue weighted by Crippen LogP contribution is -2.27. The number of para-hydroxylation sites is 1. The Morgan fingerprint density at radius 2 is 2.13 bits per heavy atom. The molecule has 0 radical (unpaired) electrons. The summed E-state index contributed by atoms with van der Waals surface area (Å²) in [6, 6.07) is 6.12. The summed E-state index contributed by atoms with van der Waals surface area (Å²) in [7, 11) is 0. The first-order valence-electron chi connectivity index (χ1n) is 8.27. The van der Waals surface area contributed by atoms with Gasteiger partial charge in [0.1, 0.15) is 0 Å². The fourth-order valence-electron chi connectivity index (χ4n) is 2.98. The second-order valence-electron chi connectivity index (χ2n) is 6.42. The molecule has 5 heteroatoms. The number of ether oxygens (including phenoxy) is 2. The minimum absolute atomic E-state index is 0.319. The quantitative estimate of drug-likeness (QED) is 0.786. The van der Waals surface area contributed by atoms with E-state index in [2.05, 4.69) is 43.0 Å². The van der Waals surface area contributed by atoms with Crippen molar-refractivity contribution in [2.24, 2.45) is 5.92 Å². The van der Waals surface area contributed by atoms with Gasteiger partial charge < -0.3 is 9.47 Å². The van der Waals surface area contributed by atoms with Crippen LogP contribution in [0.3, 0.4) is 0 Å². The highest BCUT2D eigenvalue weighted by Gasteiger charge is 2.19. The van der Waals surface area contributed by atoms with Crippen LogP contribution in [-0.2, 0) is 19.6 Å². The number of nitrogens with zero attached hydrogens (tertiary/aromatic N) is 3. The van der Waals surface area contributed by atoms with Crippen LogP contribution in [0.1, 0.15) is 31.9 Å². The number of fused-ring (bicyclic) bond motifs is 1. The summed E-state index contributed by atoms with van der Waals surface area (Å²) in [6.07, 6.45) is 4.09. The van der Waals surface area contributed by atoms with Gasteiger partial charge in [0.25, 0.3) is 0 Å². The Balaban J connectivity index is 1.75. The molecule has 0 fully saturated rings. The average molecular weight is 315 g/mol. The van der Waals surface area contributed by atoms with Gasteiger partial charge in [0.2, 0.25) is 6.79 Å². The van der Waals surface area contributed by atoms with E-state index in [9.17, 15) is 0 Å². The summed E-state index contributed by atoms with van der Waals surface area (Å²) in [5.74, 6) is 2.35. The molecule has 0 saturated heterocycles. The molecule has 23 heavy (non-hydrogen) atoms. The predicted molar refractivity (Wildman–Crippen MR) is 89.4 cm³/mol. The SMILES string of the molecule is CCn1cc(CN(Cc2cccc3c2OCO3)CC(C)C)cn1. The summed E-state index contributed by atoms with van der Waals surface area (Å²) in [5.41, 5.74) is 2.43. The normalized spacial score (nSPS) is 13.3. The lowest BCUT2D eigenvalue weighted by molar-refractivity contribution is 0.170. The maximum atomic E-state index is 5.64. The number of rotatable bonds is 7. The Bertz CT molecular complexity index is 651. The molecule has 1 aliphatic heterocycles. The molecule has 0 bridgehead atoms. The predicted octanol–water partition coefficient (Wildman–Crippen LogP) is 3.29. The number of hydrogen-bond donors (Lipinski definition) is 0. The molecule has 2 aromatic rings. The standard InChI is InChI=1S/C18H25N3O2/c1-4-21-11-15(8-19-21)10-20(9-14(2)3)12-16-6-5-7-17-18(16)23-13-22-17/h5-8,11,14H,4,9-10,12-13H2,1-3H3. The number of hydrogen-bond acceptors (Lipinski definition) is 4. The van der Waals surface area contributed by atoms with Crippen LogP contribution in [-0.4, -0.2) is 28.0 Å². The number of aromatic nitrogens is 2. The molecular formula is C18H25N3O2. The first-order valence-corrected chi connectivity index (χ1v) is 8.27. The molecule has 0 atom stereocenters. The van der Waals surface area contributed by atoms with Crippen molar-refractivity contribution in [3.63, 3.8) is 0 Å². The third-order valence-corrected chi connectivity index (χ3v) is 3.91. The second-order valence-corrected chi connectivity index (χ2v) is 6.42. The van der Waals surface area contributed by atoms with E-state index in [-0.39, 0.29) is 0 Å². The second kappa shape index (κ2) is 7.04. The summed E-state index contributed by atoms with van der Waals surface area (Å²) < 4.78 is 13.1. The van der Waals surface area contributed by atoms with Crippen molar-refractivity contribution < 1.29 is 9.47 Å². The van der Waals surface area contributed by atoms with Crippen LogP contribution < -0.4 is 9.47 Å². The van der Waals surface area contributed by atoms with Gasteiger partial charge in [-0.3, -0.25) is 9.58 Å². The summed E-state index contributed by atoms with van der Waals surface area (Å²) in [6.45, 7) is 10.6. The highest BCUT2D eigenvalue weighted by molar-refractivity contribution is 5.48. The third kappa shape index (κ3) is 3.85. The minimum atomic E-state index is 0.319. The molecule has 0 aliphatic carbocycles. The maximum absolute atomic E-state index is 5.64. The zero-order valence-electron chi connectivity index (χ0n) is 14.2. The van der Waals surface area contributed by atoms with Gasteiger partial charge in [-0.05, 0) is 18.9 Å². The highest BCUT2D eigenvalue weighted by atomic mass is 16.7. The fraction of sp³-hybridized carbons (Fsp3) is 0.500. The van der Waals surface area contributed by atoms with Gasteiger partial charge in [-0.25, -0.2) is 0 Å². The van der Waals surface area contributed by atoms with Crippen LogP contribution in [0, 0.1) is 5.92 Å². The zero-order chi connectivity index (χ0) is 16.2. The van der Waals surface area contributed by atoms with Gasteiger partial charge in [-0.15, -0.1) is 0 Å². The molecule has 3 rings (SSSR count). The maximum Gasteiger partial charge on any atom is 0.231 e. The molecule has 0 spiro atoms. The summed E-state index contributed by atoms with van der Waals surface area (Å²) >= 11 is 0. The highest BCUT2D eigenvalue weighted by Crippen LogP contribution is 2.36. The summed E-state index contributed by atoms with van der Waals surface area (Å²) in [4.78, 5) is 2.44. The molecule has 0 saturated carbocycles. The van der Waals surface area contributed by atoms with E-state index in [1.165, 1.54) is 11.1 Å². The van der Waals surface area contributed by atoms with E-state index in [0.717, 1.165) is 37.7 Å². The third-order valence-electron chi connectivity index (χ3n) is 3.91. The van der Waals surface area contributed by atoms with Crippen LogP contribution in [0.15, 0.2) is 30.6 Å². The van der Waals surface area contributed by atoms with Gasteiger partial charge in [-0.1, -0.05) is 26.0 Å². The molecule has 0 amide bonds. The van der Waals surface area contributed by atoms with E-state index in [4.69, 9.17) is 9.47 Å². The van der Waals surface area contributed by atoms with Crippen LogP contribution in [0.2, 0.25) is 0 Å². The molecule has 2 heterocycles. The van der Waals surface area contributed by atoms with Crippen LogP contribution in [0.4, 0.5) is 0 Å². The Hall–Kier alpha value is -2.01. The summed E-state index contributed by atoms with van der Waals surface area (Å²) in [5, 5.41) is 4.38. The van der Waals surface area contributed by atoms with E-state index >= 15 is 0 Å². The van der Waals surface area contributed by atoms with Crippen molar-refractivity contribution in [3.8, 4) is 11.5 Å². The van der Waals surface area contributed by atoms with E-state index in [1.54, 1.807) is 0 Å². The topological polar surface area (TPSA) is 39.5 Å². The molecule has 0 N–H and O–H groups in total. The lowest BCUT2D eigenvalue weighted by Gasteiger charge is -2.24. The Kier molecular flexibility index (Phi) is 4.86. The van der Waals surface area contributed by atoms with Crippen molar-refractivity contribution >= 4 is 0 Å². The molecule has 1 aromatic heterocycles. The van der Waals surface area contributed by atoms with Crippen molar-refractivity contribution in [3.05, 3.63) is 41.7 Å². The van der Waals surface area contributed by atoms with Crippen molar-refractivity contribution in [1.82, 2.24) is 14.7 Å². The van der Waals surface area contributed by atoms with Crippen LogP contribution in [0.5, 0.6) is 11.5 Å². The molecule has 5 nitrogen and oxygen atoms in total. The van der Waals surface area contributed by atoms with Gasteiger partial charge >= 0.3 is 0 Å². The number of aryl methyl sites for hydroxylation is 1. The average Bonchev–Trinajstić information content (AvgIpc) is 3.15. The zero-order valence-corrected chi connectivity index (χ0v) is 14.2. The first-order chi connectivity index (χ1) is 11.2. The Morgan fingerprint density at radius 1 is 1.26 bits per heavy atom. The lowest BCUT2D eigenvalue weighted by atomic mass is 10.1. The van der Waals surface area contributed by atoms with Crippen LogP contribution >= 0.6 is 0 Å². The van der Waals surface area contributed by atoms with Crippen molar-refractivity contribution in [2.75, 3.05) is 13.3 Å². The van der Waals surface area contributed by atoms with E-state index in [0.29, 0.717) is 12.7 Å². The molecule has 0 unspecified atom stereocenters. The molecule has 124 valence electrons. The van der Waals surface area contributed by atoms with Crippen LogP contribution in [0.25, 0.3) is 0 Å². The Labute approximate surface area is 137 Å². The van der Waals surface area contributed by atoms with E-state index < -0.39 is 0 Å². The van der Waals surface area contributed by atoms with Crippen molar-refractivity contribution in [1.29, 1.82) is 0 Å². The minimum Gasteiger partial charge on any atom is -0.454 e. The van der Waals surface area contributed by atoms with Crippen molar-refractivity contribution in [2.45, 2.75) is 40.4 Å². The van der Waals surface area contributed by atoms with E-state index in [1.807, 2.05) is 23.0 Å². The van der Waals surface area contributed by atoms with Gasteiger partial charge in [0, 0.05) is 43.5 Å². The number of benzene rings is 1. The van der Waals surface area contributed by atoms with Gasteiger partial charge in [0.05, 0.1) is 6.20 Å². The smallest absolute Gasteiger partial charge is 0.231 e. The van der Waals surface area contributed by atoms with Gasteiger partial charge in [0.15, 0.2) is 11.5 Å². The largest absolute Gasteiger partial charge is 0.454 e.